The molecule has 1 rings (SSSR count). The lowest BCUT2D eigenvalue weighted by Gasteiger charge is -2.27. The summed E-state index contributed by atoms with van der Waals surface area (Å²) < 4.78 is 10.7. The van der Waals surface area contributed by atoms with Gasteiger partial charge in [0.1, 0.15) is 11.3 Å². The fourth-order valence-corrected chi connectivity index (χ4v) is 2.92. The van der Waals surface area contributed by atoms with E-state index in [1.165, 1.54) is 0 Å². The lowest BCUT2D eigenvalue weighted by molar-refractivity contribution is -0.148. The lowest BCUT2D eigenvalue weighted by Crippen LogP contribution is -2.45. The Morgan fingerprint density at radius 3 is 2.47 bits per heavy atom. The van der Waals surface area contributed by atoms with E-state index in [2.05, 4.69) is 5.09 Å². The van der Waals surface area contributed by atoms with Gasteiger partial charge in [-0.25, -0.2) is 5.09 Å². The maximum Gasteiger partial charge on any atom is 0.326 e. The van der Waals surface area contributed by atoms with Crippen molar-refractivity contribution in [3.8, 4) is 5.75 Å². The highest BCUT2D eigenvalue weighted by Gasteiger charge is 2.31. The summed E-state index contributed by atoms with van der Waals surface area (Å²) in [6.07, 6.45) is 0. The van der Waals surface area contributed by atoms with Gasteiger partial charge in [-0.1, -0.05) is 11.6 Å². The van der Waals surface area contributed by atoms with Gasteiger partial charge < -0.3 is 9.26 Å². The number of carbonyl (C=O) groups is 1. The van der Waals surface area contributed by atoms with Gasteiger partial charge in [0, 0.05) is 11.7 Å². The van der Waals surface area contributed by atoms with E-state index in [1.54, 1.807) is 45.0 Å². The Labute approximate surface area is 120 Å². The van der Waals surface area contributed by atoms with E-state index >= 15 is 0 Å². The molecule has 0 aliphatic carbocycles. The van der Waals surface area contributed by atoms with Crippen LogP contribution in [0.3, 0.4) is 0 Å². The number of nitrogens with one attached hydrogen (secondary N) is 1. The Bertz CT molecular complexity index is 422. The van der Waals surface area contributed by atoms with Crippen LogP contribution in [-0.4, -0.2) is 24.8 Å². The third-order valence-electron chi connectivity index (χ3n) is 2.28. The lowest BCUT2D eigenvalue weighted by atomic mass is 10.1. The van der Waals surface area contributed by atoms with Crippen molar-refractivity contribution in [2.75, 3.05) is 13.3 Å². The van der Waals surface area contributed by atoms with Gasteiger partial charge in [0.15, 0.2) is 8.30 Å². The molecular weight excluding hydrogens is 285 g/mol. The van der Waals surface area contributed by atoms with Crippen molar-refractivity contribution in [1.29, 1.82) is 0 Å². The summed E-state index contributed by atoms with van der Waals surface area (Å²) in [4.78, 5) is 11.8. The number of halogens is 1. The van der Waals surface area contributed by atoms with Crippen LogP contribution in [0.1, 0.15) is 20.8 Å². The molecule has 1 unspecified atom stereocenters. The number of hydrogen-bond donors (Lipinski definition) is 1. The van der Waals surface area contributed by atoms with Crippen molar-refractivity contribution in [2.24, 2.45) is 0 Å². The predicted octanol–water partition coefficient (Wildman–Crippen LogP) is 3.59. The first-order valence-corrected chi connectivity index (χ1v) is 8.06. The molecule has 1 aromatic carbocycles. The monoisotopic (exact) mass is 303 g/mol. The van der Waals surface area contributed by atoms with Crippen LogP contribution in [0.2, 0.25) is 5.02 Å². The van der Waals surface area contributed by atoms with Crippen molar-refractivity contribution >= 4 is 25.9 Å². The first-order chi connectivity index (χ1) is 8.85. The van der Waals surface area contributed by atoms with Crippen LogP contribution in [0.4, 0.5) is 0 Å². The van der Waals surface area contributed by atoms with Crippen molar-refractivity contribution < 1.29 is 14.1 Å². The number of hydrogen-bond acceptors (Lipinski definition) is 4. The number of ether oxygens (including phenoxy) is 1. The van der Waals surface area contributed by atoms with Crippen molar-refractivity contribution in [1.82, 2.24) is 5.09 Å². The molecule has 0 aliphatic heterocycles. The third-order valence-corrected chi connectivity index (χ3v) is 3.89. The molecule has 0 amide bonds. The van der Waals surface area contributed by atoms with E-state index in [1.807, 2.05) is 6.66 Å². The minimum Gasteiger partial charge on any atom is -0.465 e. The fraction of sp³-hybridized carbons (Fsp3) is 0.462. The third kappa shape index (κ3) is 5.35. The summed E-state index contributed by atoms with van der Waals surface area (Å²) in [7, 11) is -0.992. The fourth-order valence-electron chi connectivity index (χ4n) is 1.43. The number of benzene rings is 1. The van der Waals surface area contributed by atoms with Crippen molar-refractivity contribution in [2.45, 2.75) is 26.3 Å². The molecule has 1 aromatic rings. The molecule has 0 saturated carbocycles. The van der Waals surface area contributed by atoms with Gasteiger partial charge in [0.25, 0.3) is 0 Å². The number of carbonyl (C=O) groups excluding carboxylic acids is 1. The summed E-state index contributed by atoms with van der Waals surface area (Å²) in [6, 6.07) is 7.10. The van der Waals surface area contributed by atoms with Crippen molar-refractivity contribution in [3.63, 3.8) is 0 Å². The van der Waals surface area contributed by atoms with Gasteiger partial charge in [-0.3, -0.25) is 4.79 Å². The van der Waals surface area contributed by atoms with E-state index < -0.39 is 13.8 Å². The molecule has 106 valence electrons. The molecule has 0 saturated heterocycles. The Balaban J connectivity index is 2.56. The van der Waals surface area contributed by atoms with E-state index in [9.17, 15) is 4.79 Å². The molecule has 0 aliphatic rings. The maximum absolute atomic E-state index is 11.8. The first-order valence-electron chi connectivity index (χ1n) is 5.97. The topological polar surface area (TPSA) is 47.6 Å². The van der Waals surface area contributed by atoms with Gasteiger partial charge in [-0.2, -0.15) is 0 Å². The van der Waals surface area contributed by atoms with Gasteiger partial charge in [-0.15, -0.1) is 0 Å². The minimum atomic E-state index is -0.992. The SMILES string of the molecule is CCOC(=O)C(C)(C)NP(C)Oc1ccc(Cl)cc1. The highest BCUT2D eigenvalue weighted by atomic mass is 35.5. The molecule has 1 N–H and O–H groups in total. The van der Waals surface area contributed by atoms with Gasteiger partial charge in [-0.05, 0) is 45.0 Å². The second kappa shape index (κ2) is 7.09. The molecule has 0 radical (unpaired) electrons. The minimum absolute atomic E-state index is 0.288. The Morgan fingerprint density at radius 2 is 1.95 bits per heavy atom. The number of esters is 1. The van der Waals surface area contributed by atoms with E-state index in [4.69, 9.17) is 20.9 Å². The largest absolute Gasteiger partial charge is 0.465 e. The van der Waals surface area contributed by atoms with E-state index in [0.29, 0.717) is 17.4 Å². The smallest absolute Gasteiger partial charge is 0.326 e. The molecule has 0 fully saturated rings. The van der Waals surface area contributed by atoms with Crippen LogP contribution in [0.15, 0.2) is 24.3 Å². The van der Waals surface area contributed by atoms with Crippen LogP contribution in [0.25, 0.3) is 0 Å². The van der Waals surface area contributed by atoms with E-state index in [0.717, 1.165) is 0 Å². The molecule has 19 heavy (non-hydrogen) atoms. The quantitative estimate of drug-likeness (QED) is 0.644. The van der Waals surface area contributed by atoms with Crippen LogP contribution < -0.4 is 9.61 Å². The normalized spacial score (nSPS) is 12.9. The van der Waals surface area contributed by atoms with Gasteiger partial charge in [0.05, 0.1) is 6.61 Å². The van der Waals surface area contributed by atoms with Crippen LogP contribution >= 0.6 is 19.9 Å². The highest BCUT2D eigenvalue weighted by molar-refractivity contribution is 7.50. The summed E-state index contributed by atoms with van der Waals surface area (Å²) in [5.41, 5.74) is -0.775. The standard InChI is InChI=1S/C13H19ClNO3P/c1-5-17-12(16)13(2,3)15-19(4)18-11-8-6-10(14)7-9-11/h6-9,15H,5H2,1-4H3. The molecule has 1 atom stereocenters. The zero-order valence-electron chi connectivity index (χ0n) is 11.6. The maximum atomic E-state index is 11.8. The van der Waals surface area contributed by atoms with Crippen LogP contribution in [0.5, 0.6) is 5.75 Å². The predicted molar refractivity (Wildman–Crippen MR) is 78.8 cm³/mol. The Kier molecular flexibility index (Phi) is 6.05. The zero-order chi connectivity index (χ0) is 14.5. The highest BCUT2D eigenvalue weighted by Crippen LogP contribution is 2.33. The molecule has 6 heteroatoms. The van der Waals surface area contributed by atoms with Crippen LogP contribution in [0, 0.1) is 0 Å². The molecule has 4 nitrogen and oxygen atoms in total. The summed E-state index contributed by atoms with van der Waals surface area (Å²) in [5, 5.41) is 3.80. The molecular formula is C13H19ClNO3P. The Hall–Kier alpha value is -0.830. The van der Waals surface area contributed by atoms with Crippen LogP contribution in [-0.2, 0) is 9.53 Å². The van der Waals surface area contributed by atoms with Gasteiger partial charge >= 0.3 is 5.97 Å². The second-order valence-electron chi connectivity index (χ2n) is 4.50. The van der Waals surface area contributed by atoms with Crippen molar-refractivity contribution in [3.05, 3.63) is 29.3 Å². The summed E-state index contributed by atoms with van der Waals surface area (Å²) >= 11 is 5.80. The zero-order valence-corrected chi connectivity index (χ0v) is 13.2. The summed E-state index contributed by atoms with van der Waals surface area (Å²) in [5.74, 6) is 0.425. The van der Waals surface area contributed by atoms with E-state index in [-0.39, 0.29) is 5.97 Å². The first kappa shape index (κ1) is 16.2. The Morgan fingerprint density at radius 1 is 1.37 bits per heavy atom. The molecule has 0 spiro atoms. The average Bonchev–Trinajstić information content (AvgIpc) is 2.31. The summed E-state index contributed by atoms with van der Waals surface area (Å²) in [6.45, 7) is 7.59. The molecule has 0 heterocycles. The average molecular weight is 304 g/mol. The molecule has 0 bridgehead atoms. The number of rotatable bonds is 6. The second-order valence-corrected chi connectivity index (χ2v) is 6.34. The molecule has 0 aromatic heterocycles. The van der Waals surface area contributed by atoms with Gasteiger partial charge in [0.2, 0.25) is 0 Å².